The smallest absolute Gasteiger partial charge is 0.253 e. The fourth-order valence-electron chi connectivity index (χ4n) is 4.00. The molecule has 0 spiro atoms. The fourth-order valence-corrected chi connectivity index (χ4v) is 4.00. The molecule has 0 unspecified atom stereocenters. The maximum absolute atomic E-state index is 12.2. The summed E-state index contributed by atoms with van der Waals surface area (Å²) in [6.07, 6.45) is 4.88. The number of hydrogen-bond donors (Lipinski definition) is 1. The van der Waals surface area contributed by atoms with Crippen molar-refractivity contribution >= 4 is 23.4 Å². The zero-order chi connectivity index (χ0) is 23.4. The largest absolute Gasteiger partial charge is 0.359 e. The van der Waals surface area contributed by atoms with Gasteiger partial charge in [-0.2, -0.15) is 0 Å². The molecule has 3 aromatic rings. The fraction of sp³-hybridized carbons (Fsp3) is 0.250. The first kappa shape index (κ1) is 23.1. The molecule has 0 saturated heterocycles. The van der Waals surface area contributed by atoms with Gasteiger partial charge in [-0.3, -0.25) is 4.79 Å². The summed E-state index contributed by atoms with van der Waals surface area (Å²) in [4.78, 5) is 13.8. The third-order valence-electron chi connectivity index (χ3n) is 5.85. The van der Waals surface area contributed by atoms with Crippen LogP contribution in [0.1, 0.15) is 35.3 Å². The molecule has 0 fully saturated rings. The third-order valence-corrected chi connectivity index (χ3v) is 5.85. The Morgan fingerprint density at radius 2 is 1.81 bits per heavy atom. The van der Waals surface area contributed by atoms with E-state index in [1.807, 2.05) is 36.4 Å². The van der Waals surface area contributed by atoms with Gasteiger partial charge in [0.15, 0.2) is 0 Å². The summed E-state index contributed by atoms with van der Waals surface area (Å²) < 4.78 is 2.16. The lowest BCUT2D eigenvalue weighted by Gasteiger charge is -2.10. The molecule has 0 aliphatic rings. The van der Waals surface area contributed by atoms with Gasteiger partial charge in [-0.15, -0.1) is 0 Å². The lowest BCUT2D eigenvalue weighted by atomic mass is 10.1. The lowest BCUT2D eigenvalue weighted by Crippen LogP contribution is -2.30. The van der Waals surface area contributed by atoms with E-state index < -0.39 is 0 Å². The average Bonchev–Trinajstić information content (AvgIpc) is 3.10. The van der Waals surface area contributed by atoms with Crippen molar-refractivity contribution in [2.75, 3.05) is 19.4 Å². The number of aryl methyl sites for hydroxylation is 2. The van der Waals surface area contributed by atoms with Gasteiger partial charge >= 0.3 is 0 Å². The van der Waals surface area contributed by atoms with Gasteiger partial charge in [-0.25, -0.2) is 0 Å². The van der Waals surface area contributed by atoms with E-state index in [1.54, 1.807) is 19.0 Å². The Bertz CT molecular complexity index is 1260. The Balaban J connectivity index is 2.07. The summed E-state index contributed by atoms with van der Waals surface area (Å²) in [7, 11) is 5.58. The molecule has 1 N–H and O–H groups in total. The van der Waals surface area contributed by atoms with E-state index >= 15 is 0 Å². The molecule has 0 radical (unpaired) electrons. The molecule has 0 aliphatic heterocycles. The molecule has 3 rings (SSSR count). The zero-order valence-electron chi connectivity index (χ0n) is 20.0. The van der Waals surface area contributed by atoms with Crippen LogP contribution >= 0.6 is 0 Å². The Morgan fingerprint density at radius 1 is 1.12 bits per heavy atom. The highest BCUT2D eigenvalue weighted by atomic mass is 16.2. The van der Waals surface area contributed by atoms with Crippen LogP contribution in [-0.2, 0) is 13.5 Å². The van der Waals surface area contributed by atoms with E-state index in [1.165, 1.54) is 11.1 Å². The second kappa shape index (κ2) is 9.73. The second-order valence-corrected chi connectivity index (χ2v) is 8.31. The zero-order valence-corrected chi connectivity index (χ0v) is 20.0. The Hall–Kier alpha value is -3.53. The summed E-state index contributed by atoms with van der Waals surface area (Å²) >= 11 is 0. The van der Waals surface area contributed by atoms with Crippen LogP contribution < -0.4 is 15.9 Å². The predicted molar refractivity (Wildman–Crippen MR) is 136 cm³/mol. The van der Waals surface area contributed by atoms with Crippen LogP contribution in [0.3, 0.4) is 0 Å². The van der Waals surface area contributed by atoms with Crippen molar-refractivity contribution in [1.82, 2.24) is 9.47 Å². The summed E-state index contributed by atoms with van der Waals surface area (Å²) in [6, 6.07) is 16.5. The number of carbonyl (C=O) groups is 1. The molecule has 0 atom stereocenters. The number of amides is 1. The van der Waals surface area contributed by atoms with Gasteiger partial charge in [-0.05, 0) is 73.4 Å². The molecular weight excluding hydrogens is 394 g/mol. The Morgan fingerprint density at radius 3 is 2.38 bits per heavy atom. The van der Waals surface area contributed by atoms with Crippen LogP contribution in [0.2, 0.25) is 0 Å². The van der Waals surface area contributed by atoms with Gasteiger partial charge in [-0.1, -0.05) is 37.8 Å². The number of carbonyl (C=O) groups excluding carboxylic acids is 1. The average molecular weight is 428 g/mol. The molecule has 1 aromatic heterocycles. The van der Waals surface area contributed by atoms with Gasteiger partial charge in [0.05, 0.1) is 0 Å². The van der Waals surface area contributed by atoms with Crippen molar-refractivity contribution in [2.24, 2.45) is 7.05 Å². The first-order valence-electron chi connectivity index (χ1n) is 10.9. The number of anilines is 1. The molecular formula is C28H33N3O. The van der Waals surface area contributed by atoms with Crippen LogP contribution in [0.25, 0.3) is 23.0 Å². The highest BCUT2D eigenvalue weighted by molar-refractivity contribution is 5.94. The molecule has 0 saturated carbocycles. The maximum Gasteiger partial charge on any atom is 0.253 e. The summed E-state index contributed by atoms with van der Waals surface area (Å²) in [5.74, 6) is 0.00237. The van der Waals surface area contributed by atoms with E-state index in [4.69, 9.17) is 0 Å². The van der Waals surface area contributed by atoms with Gasteiger partial charge in [0.25, 0.3) is 5.91 Å². The van der Waals surface area contributed by atoms with E-state index in [0.29, 0.717) is 5.56 Å². The molecule has 0 aliphatic carbocycles. The van der Waals surface area contributed by atoms with Gasteiger partial charge in [0.1, 0.15) is 0 Å². The Labute approximate surface area is 191 Å². The van der Waals surface area contributed by atoms with Crippen molar-refractivity contribution in [3.63, 3.8) is 0 Å². The minimum absolute atomic E-state index is 0.00237. The quantitative estimate of drug-likeness (QED) is 0.630. The van der Waals surface area contributed by atoms with Crippen molar-refractivity contribution in [3.8, 4) is 11.3 Å². The maximum atomic E-state index is 12.2. The van der Waals surface area contributed by atoms with Crippen LogP contribution in [-0.4, -0.2) is 29.5 Å². The predicted octanol–water partition coefficient (Wildman–Crippen LogP) is 4.47. The molecule has 32 heavy (non-hydrogen) atoms. The van der Waals surface area contributed by atoms with Crippen LogP contribution in [0.5, 0.6) is 0 Å². The number of benzene rings is 2. The highest BCUT2D eigenvalue weighted by Crippen LogP contribution is 2.19. The monoisotopic (exact) mass is 427 g/mol. The molecule has 2 aromatic carbocycles. The number of nitrogens with zero attached hydrogens (tertiary/aromatic N) is 2. The van der Waals surface area contributed by atoms with E-state index in [-0.39, 0.29) is 5.91 Å². The number of allylic oxidation sites excluding steroid dienone is 1. The summed E-state index contributed by atoms with van der Waals surface area (Å²) in [5.41, 5.74) is 7.64. The van der Waals surface area contributed by atoms with Crippen LogP contribution in [0.4, 0.5) is 5.69 Å². The molecule has 166 valence electrons. The minimum Gasteiger partial charge on any atom is -0.359 e. The summed E-state index contributed by atoms with van der Waals surface area (Å²) in [6.45, 7) is 10.3. The second-order valence-electron chi connectivity index (χ2n) is 8.31. The standard InChI is InChI=1S/C28H33N3O/c1-8-10-26-25(20(4)29-24-16-15-21(9-2)19(3)17-24)18-27(31(26)7)22-11-13-23(14-12-22)28(32)30(5)6/h8,10-18,29H,1,9H2,2-7H3/b25-20+,26-10+. The van der Waals surface area contributed by atoms with Crippen molar-refractivity contribution in [2.45, 2.75) is 27.2 Å². The molecule has 1 amide bonds. The molecule has 0 bridgehead atoms. The van der Waals surface area contributed by atoms with E-state index in [9.17, 15) is 4.79 Å². The molecule has 4 nitrogen and oxygen atoms in total. The lowest BCUT2D eigenvalue weighted by molar-refractivity contribution is 0.0827. The Kier molecular flexibility index (Phi) is 7.04. The normalized spacial score (nSPS) is 12.5. The third kappa shape index (κ3) is 4.70. The van der Waals surface area contributed by atoms with Crippen LogP contribution in [0.15, 0.2) is 61.2 Å². The first-order chi connectivity index (χ1) is 15.3. The van der Waals surface area contributed by atoms with Crippen molar-refractivity contribution in [1.29, 1.82) is 0 Å². The molecule has 1 heterocycles. The number of nitrogens with one attached hydrogen (secondary N) is 1. The summed E-state index contributed by atoms with van der Waals surface area (Å²) in [5, 5.41) is 5.77. The number of hydrogen-bond acceptors (Lipinski definition) is 2. The SMILES string of the molecule is C=C/C=c1\c(=C(/C)Nc2ccc(CC)c(C)c2)cc(-c2ccc(C(=O)N(C)C)cc2)n1C. The number of rotatable bonds is 6. The highest BCUT2D eigenvalue weighted by Gasteiger charge is 2.11. The minimum atomic E-state index is 0.00237. The van der Waals surface area contributed by atoms with Gasteiger partial charge in [0.2, 0.25) is 0 Å². The first-order valence-corrected chi connectivity index (χ1v) is 10.9. The topological polar surface area (TPSA) is 37.3 Å². The van der Waals surface area contributed by atoms with Crippen molar-refractivity contribution < 1.29 is 4.79 Å². The number of aromatic nitrogens is 1. The van der Waals surface area contributed by atoms with Crippen LogP contribution in [0, 0.1) is 6.92 Å². The van der Waals surface area contributed by atoms with Crippen molar-refractivity contribution in [3.05, 3.63) is 88.4 Å². The van der Waals surface area contributed by atoms with Gasteiger partial charge in [0, 0.05) is 54.4 Å². The van der Waals surface area contributed by atoms with E-state index in [0.717, 1.165) is 39.6 Å². The van der Waals surface area contributed by atoms with Gasteiger partial charge < -0.3 is 14.8 Å². The van der Waals surface area contributed by atoms with E-state index in [2.05, 4.69) is 68.5 Å². The molecule has 4 heteroatoms.